The van der Waals surface area contributed by atoms with Gasteiger partial charge in [0, 0.05) is 29.8 Å². The lowest BCUT2D eigenvalue weighted by Crippen LogP contribution is -2.27. The number of hydrogen-bond acceptors (Lipinski definition) is 3. The van der Waals surface area contributed by atoms with Gasteiger partial charge in [-0.2, -0.15) is 0 Å². The molecule has 0 amide bonds. The van der Waals surface area contributed by atoms with Crippen LogP contribution in [0.25, 0.3) is 0 Å². The van der Waals surface area contributed by atoms with E-state index in [9.17, 15) is 4.79 Å². The van der Waals surface area contributed by atoms with E-state index in [1.807, 2.05) is 19.1 Å². The third-order valence-corrected chi connectivity index (χ3v) is 3.19. The Morgan fingerprint density at radius 2 is 2.28 bits per heavy atom. The molecule has 0 saturated carbocycles. The Morgan fingerprint density at radius 3 is 3.00 bits per heavy atom. The van der Waals surface area contributed by atoms with Gasteiger partial charge < -0.3 is 14.3 Å². The van der Waals surface area contributed by atoms with Crippen molar-refractivity contribution in [2.45, 2.75) is 19.5 Å². The fourth-order valence-electron chi connectivity index (χ4n) is 1.72. The fraction of sp³-hybridized carbons (Fsp3) is 0.308. The van der Waals surface area contributed by atoms with Crippen LogP contribution in [0.4, 0.5) is 0 Å². The molecule has 1 atom stereocenters. The standard InChI is InChI=1S/C13H15BrN2O2/c1-10(12-3-2-8-18-12)15-6-7-16-9-11(14)4-5-13(16)17/h2-5,8-10,15H,6-7H2,1H3. The molecule has 0 aliphatic rings. The quantitative estimate of drug-likeness (QED) is 0.923. The van der Waals surface area contributed by atoms with Gasteiger partial charge in [-0.25, -0.2) is 0 Å². The van der Waals surface area contributed by atoms with Crippen LogP contribution in [0.2, 0.25) is 0 Å². The van der Waals surface area contributed by atoms with E-state index in [2.05, 4.69) is 21.2 Å². The van der Waals surface area contributed by atoms with E-state index < -0.39 is 0 Å². The predicted octanol–water partition coefficient (Wildman–Crippen LogP) is 2.55. The Morgan fingerprint density at radius 1 is 1.44 bits per heavy atom. The van der Waals surface area contributed by atoms with Crippen molar-refractivity contribution < 1.29 is 4.42 Å². The molecule has 0 bridgehead atoms. The predicted molar refractivity (Wildman–Crippen MR) is 73.5 cm³/mol. The highest BCUT2D eigenvalue weighted by molar-refractivity contribution is 9.10. The highest BCUT2D eigenvalue weighted by Crippen LogP contribution is 2.11. The number of rotatable bonds is 5. The molecule has 0 radical (unpaired) electrons. The van der Waals surface area contributed by atoms with Gasteiger partial charge in [-0.05, 0) is 41.1 Å². The summed E-state index contributed by atoms with van der Waals surface area (Å²) in [6.07, 6.45) is 3.45. The Hall–Kier alpha value is -1.33. The summed E-state index contributed by atoms with van der Waals surface area (Å²) in [7, 11) is 0. The van der Waals surface area contributed by atoms with Crippen LogP contribution < -0.4 is 10.9 Å². The highest BCUT2D eigenvalue weighted by atomic mass is 79.9. The van der Waals surface area contributed by atoms with Crippen molar-refractivity contribution in [1.82, 2.24) is 9.88 Å². The van der Waals surface area contributed by atoms with Gasteiger partial charge in [-0.1, -0.05) is 0 Å². The first-order chi connectivity index (χ1) is 8.66. The minimum Gasteiger partial charge on any atom is -0.468 e. The lowest BCUT2D eigenvalue weighted by atomic mass is 10.2. The van der Waals surface area contributed by atoms with Crippen molar-refractivity contribution in [2.24, 2.45) is 0 Å². The molecular weight excluding hydrogens is 296 g/mol. The average molecular weight is 311 g/mol. The first-order valence-electron chi connectivity index (χ1n) is 5.79. The molecule has 2 aromatic rings. The van der Waals surface area contributed by atoms with Crippen molar-refractivity contribution >= 4 is 15.9 Å². The number of furan rings is 1. The van der Waals surface area contributed by atoms with Crippen LogP contribution in [-0.2, 0) is 6.54 Å². The second kappa shape index (κ2) is 6.02. The molecule has 0 aliphatic carbocycles. The van der Waals surface area contributed by atoms with Gasteiger partial charge in [0.15, 0.2) is 0 Å². The van der Waals surface area contributed by atoms with Crippen LogP contribution in [-0.4, -0.2) is 11.1 Å². The summed E-state index contributed by atoms with van der Waals surface area (Å²) in [6, 6.07) is 7.25. The third kappa shape index (κ3) is 3.34. The van der Waals surface area contributed by atoms with E-state index in [1.165, 1.54) is 0 Å². The smallest absolute Gasteiger partial charge is 0.250 e. The molecule has 0 fully saturated rings. The first-order valence-corrected chi connectivity index (χ1v) is 6.59. The third-order valence-electron chi connectivity index (χ3n) is 2.72. The van der Waals surface area contributed by atoms with Crippen molar-refractivity contribution in [3.8, 4) is 0 Å². The fourth-order valence-corrected chi connectivity index (χ4v) is 2.10. The van der Waals surface area contributed by atoms with E-state index in [0.29, 0.717) is 13.1 Å². The van der Waals surface area contributed by atoms with Crippen LogP contribution in [0.3, 0.4) is 0 Å². The Balaban J connectivity index is 1.89. The van der Waals surface area contributed by atoms with Crippen molar-refractivity contribution in [2.75, 3.05) is 6.54 Å². The number of aromatic nitrogens is 1. The molecule has 5 heteroatoms. The van der Waals surface area contributed by atoms with Gasteiger partial charge in [0.1, 0.15) is 5.76 Å². The minimum atomic E-state index is 0.00523. The van der Waals surface area contributed by atoms with E-state index in [0.717, 1.165) is 10.2 Å². The Bertz CT molecular complexity index is 548. The average Bonchev–Trinajstić information content (AvgIpc) is 2.87. The Kier molecular flexibility index (Phi) is 4.38. The zero-order valence-electron chi connectivity index (χ0n) is 10.1. The molecule has 0 saturated heterocycles. The van der Waals surface area contributed by atoms with Crippen molar-refractivity contribution in [3.63, 3.8) is 0 Å². The zero-order valence-corrected chi connectivity index (χ0v) is 11.7. The molecule has 2 aromatic heterocycles. The van der Waals surface area contributed by atoms with E-state index in [4.69, 9.17) is 4.42 Å². The Labute approximate surface area is 114 Å². The summed E-state index contributed by atoms with van der Waals surface area (Å²) in [5.41, 5.74) is 0.00523. The second-order valence-electron chi connectivity index (χ2n) is 4.07. The van der Waals surface area contributed by atoms with Crippen molar-refractivity contribution in [3.05, 3.63) is 57.3 Å². The largest absolute Gasteiger partial charge is 0.468 e. The van der Waals surface area contributed by atoms with Gasteiger partial charge in [0.25, 0.3) is 5.56 Å². The van der Waals surface area contributed by atoms with E-state index in [1.54, 1.807) is 29.2 Å². The summed E-state index contributed by atoms with van der Waals surface area (Å²) in [6.45, 7) is 3.37. The number of hydrogen-bond donors (Lipinski definition) is 1. The van der Waals surface area contributed by atoms with Crippen LogP contribution in [0.1, 0.15) is 18.7 Å². The summed E-state index contributed by atoms with van der Waals surface area (Å²) < 4.78 is 7.88. The molecule has 2 rings (SSSR count). The molecule has 0 aromatic carbocycles. The number of pyridine rings is 1. The van der Waals surface area contributed by atoms with Crippen LogP contribution >= 0.6 is 15.9 Å². The number of nitrogens with zero attached hydrogens (tertiary/aromatic N) is 1. The lowest BCUT2D eigenvalue weighted by Gasteiger charge is -2.12. The second-order valence-corrected chi connectivity index (χ2v) is 4.99. The van der Waals surface area contributed by atoms with Crippen LogP contribution in [0, 0.1) is 0 Å². The maximum atomic E-state index is 11.6. The molecular formula is C13H15BrN2O2. The maximum Gasteiger partial charge on any atom is 0.250 e. The highest BCUT2D eigenvalue weighted by Gasteiger charge is 2.06. The number of halogens is 1. The summed E-state index contributed by atoms with van der Waals surface area (Å²) in [5, 5.41) is 3.31. The first kappa shape index (κ1) is 13.1. The van der Waals surface area contributed by atoms with E-state index in [-0.39, 0.29) is 11.6 Å². The molecule has 96 valence electrons. The SMILES string of the molecule is CC(NCCn1cc(Br)ccc1=O)c1ccco1. The minimum absolute atomic E-state index is 0.00523. The van der Waals surface area contributed by atoms with Gasteiger partial charge >= 0.3 is 0 Å². The molecule has 4 nitrogen and oxygen atoms in total. The number of nitrogens with one attached hydrogen (secondary N) is 1. The molecule has 18 heavy (non-hydrogen) atoms. The topological polar surface area (TPSA) is 47.2 Å². The van der Waals surface area contributed by atoms with Crippen LogP contribution in [0.5, 0.6) is 0 Å². The molecule has 2 heterocycles. The summed E-state index contributed by atoms with van der Waals surface area (Å²) >= 11 is 3.35. The van der Waals surface area contributed by atoms with E-state index >= 15 is 0 Å². The van der Waals surface area contributed by atoms with Crippen LogP contribution in [0.15, 0.2) is 50.4 Å². The summed E-state index contributed by atoms with van der Waals surface area (Å²) in [5.74, 6) is 0.900. The van der Waals surface area contributed by atoms with Gasteiger partial charge in [-0.3, -0.25) is 4.79 Å². The summed E-state index contributed by atoms with van der Waals surface area (Å²) in [4.78, 5) is 11.6. The molecule has 1 unspecified atom stereocenters. The van der Waals surface area contributed by atoms with Gasteiger partial charge in [-0.15, -0.1) is 0 Å². The molecule has 0 spiro atoms. The maximum absolute atomic E-state index is 11.6. The zero-order chi connectivity index (χ0) is 13.0. The normalized spacial score (nSPS) is 12.6. The van der Waals surface area contributed by atoms with Gasteiger partial charge in [0.05, 0.1) is 12.3 Å². The van der Waals surface area contributed by atoms with Gasteiger partial charge in [0.2, 0.25) is 0 Å². The lowest BCUT2D eigenvalue weighted by molar-refractivity contribution is 0.422. The van der Waals surface area contributed by atoms with Crippen molar-refractivity contribution in [1.29, 1.82) is 0 Å². The molecule has 1 N–H and O–H groups in total. The molecule has 0 aliphatic heterocycles. The monoisotopic (exact) mass is 310 g/mol.